The average Bonchev–Trinajstić information content (AvgIpc) is 3.40. The molecule has 1 atom stereocenters. The summed E-state index contributed by atoms with van der Waals surface area (Å²) in [5.41, 5.74) is 2.70. The molecular weight excluding hydrogens is 326 g/mol. The Labute approximate surface area is 152 Å². The summed E-state index contributed by atoms with van der Waals surface area (Å²) in [4.78, 5) is 12.8. The molecule has 1 heterocycles. The lowest BCUT2D eigenvalue weighted by Gasteiger charge is -2.16. The van der Waals surface area contributed by atoms with Crippen molar-refractivity contribution in [2.24, 2.45) is 0 Å². The molecule has 3 aromatic rings. The minimum absolute atomic E-state index is 0.00219. The summed E-state index contributed by atoms with van der Waals surface area (Å²) >= 11 is 0. The number of rotatable bonds is 6. The second-order valence-corrected chi connectivity index (χ2v) is 6.62. The SMILES string of the molecule is CCC(C(=O)Nc1cccc(-c2nnnn2C2CC2)c1)c1ccccc1. The molecule has 1 aromatic heterocycles. The first-order valence-electron chi connectivity index (χ1n) is 9.00. The Bertz CT molecular complexity index is 901. The number of carbonyl (C=O) groups excluding carboxylic acids is 1. The van der Waals surface area contributed by atoms with E-state index in [2.05, 4.69) is 20.8 Å². The second kappa shape index (κ2) is 7.07. The van der Waals surface area contributed by atoms with Crippen molar-refractivity contribution in [3.05, 3.63) is 60.2 Å². The van der Waals surface area contributed by atoms with Gasteiger partial charge in [-0.3, -0.25) is 4.79 Å². The number of nitrogens with one attached hydrogen (secondary N) is 1. The summed E-state index contributed by atoms with van der Waals surface area (Å²) in [5, 5.41) is 15.1. The normalized spacial score (nSPS) is 14.8. The van der Waals surface area contributed by atoms with Crippen molar-refractivity contribution >= 4 is 11.6 Å². The van der Waals surface area contributed by atoms with Crippen LogP contribution in [0.25, 0.3) is 11.4 Å². The van der Waals surface area contributed by atoms with E-state index >= 15 is 0 Å². The van der Waals surface area contributed by atoms with Crippen LogP contribution in [0.3, 0.4) is 0 Å². The standard InChI is InChI=1S/C20H21N5O/c1-2-18(14-7-4-3-5-8-14)20(26)21-16-10-6-9-15(13-16)19-22-23-24-25(19)17-11-12-17/h3-10,13,17-18H,2,11-12H2,1H3,(H,21,26). The van der Waals surface area contributed by atoms with E-state index in [4.69, 9.17) is 0 Å². The summed E-state index contributed by atoms with van der Waals surface area (Å²) < 4.78 is 1.87. The molecular formula is C20H21N5O. The van der Waals surface area contributed by atoms with Crippen molar-refractivity contribution < 1.29 is 4.79 Å². The van der Waals surface area contributed by atoms with Gasteiger partial charge in [-0.2, -0.15) is 0 Å². The molecule has 1 aliphatic rings. The van der Waals surface area contributed by atoms with E-state index in [1.54, 1.807) is 0 Å². The molecule has 6 nitrogen and oxygen atoms in total. The van der Waals surface area contributed by atoms with Gasteiger partial charge in [-0.25, -0.2) is 4.68 Å². The van der Waals surface area contributed by atoms with E-state index in [-0.39, 0.29) is 11.8 Å². The fourth-order valence-electron chi connectivity index (χ4n) is 3.17. The van der Waals surface area contributed by atoms with Gasteiger partial charge in [0.25, 0.3) is 0 Å². The summed E-state index contributed by atoms with van der Waals surface area (Å²) in [7, 11) is 0. The number of benzene rings is 2. The molecule has 0 bridgehead atoms. The van der Waals surface area contributed by atoms with Crippen LogP contribution in [0.15, 0.2) is 54.6 Å². The fraction of sp³-hybridized carbons (Fsp3) is 0.300. The smallest absolute Gasteiger partial charge is 0.231 e. The van der Waals surface area contributed by atoms with Crippen LogP contribution in [-0.4, -0.2) is 26.1 Å². The Morgan fingerprint density at radius 1 is 1.19 bits per heavy atom. The maximum absolute atomic E-state index is 12.8. The van der Waals surface area contributed by atoms with E-state index in [1.165, 1.54) is 0 Å². The lowest BCUT2D eigenvalue weighted by molar-refractivity contribution is -0.117. The topological polar surface area (TPSA) is 72.7 Å². The lowest BCUT2D eigenvalue weighted by Crippen LogP contribution is -2.20. The van der Waals surface area contributed by atoms with Crippen LogP contribution < -0.4 is 5.32 Å². The third-order valence-corrected chi connectivity index (χ3v) is 4.70. The zero-order valence-electron chi connectivity index (χ0n) is 14.7. The highest BCUT2D eigenvalue weighted by Gasteiger charge is 2.28. The molecule has 132 valence electrons. The lowest BCUT2D eigenvalue weighted by atomic mass is 9.95. The number of nitrogens with zero attached hydrogens (tertiary/aromatic N) is 4. The molecule has 1 N–H and O–H groups in total. The summed E-state index contributed by atoms with van der Waals surface area (Å²) in [6.45, 7) is 2.03. The van der Waals surface area contributed by atoms with E-state index in [0.717, 1.165) is 41.9 Å². The van der Waals surface area contributed by atoms with Gasteiger partial charge in [0.15, 0.2) is 5.82 Å². The Morgan fingerprint density at radius 2 is 2.00 bits per heavy atom. The molecule has 1 aliphatic carbocycles. The highest BCUT2D eigenvalue weighted by molar-refractivity contribution is 5.96. The largest absolute Gasteiger partial charge is 0.326 e. The first kappa shape index (κ1) is 16.4. The molecule has 0 saturated heterocycles. The number of amides is 1. The van der Waals surface area contributed by atoms with Crippen molar-refractivity contribution in [1.29, 1.82) is 0 Å². The maximum atomic E-state index is 12.8. The predicted octanol–water partition coefficient (Wildman–Crippen LogP) is 3.81. The monoisotopic (exact) mass is 347 g/mol. The van der Waals surface area contributed by atoms with Crippen LogP contribution in [0, 0.1) is 0 Å². The number of hydrogen-bond donors (Lipinski definition) is 1. The molecule has 0 aliphatic heterocycles. The van der Waals surface area contributed by atoms with Crippen LogP contribution in [0.2, 0.25) is 0 Å². The highest BCUT2D eigenvalue weighted by Crippen LogP contribution is 2.36. The molecule has 1 fully saturated rings. The van der Waals surface area contributed by atoms with Crippen LogP contribution >= 0.6 is 0 Å². The molecule has 1 unspecified atom stereocenters. The predicted molar refractivity (Wildman–Crippen MR) is 99.6 cm³/mol. The van der Waals surface area contributed by atoms with Crippen LogP contribution in [0.1, 0.15) is 43.7 Å². The first-order valence-corrected chi connectivity index (χ1v) is 9.00. The van der Waals surface area contributed by atoms with Gasteiger partial charge < -0.3 is 5.32 Å². The van der Waals surface area contributed by atoms with Gasteiger partial charge in [-0.15, -0.1) is 5.10 Å². The molecule has 0 spiro atoms. The molecule has 26 heavy (non-hydrogen) atoms. The van der Waals surface area contributed by atoms with E-state index in [0.29, 0.717) is 6.04 Å². The quantitative estimate of drug-likeness (QED) is 0.736. The third-order valence-electron chi connectivity index (χ3n) is 4.70. The van der Waals surface area contributed by atoms with Crippen LogP contribution in [0.4, 0.5) is 5.69 Å². The Hall–Kier alpha value is -3.02. The Kier molecular flexibility index (Phi) is 4.48. The number of anilines is 1. The molecule has 1 saturated carbocycles. The molecule has 4 rings (SSSR count). The van der Waals surface area contributed by atoms with Crippen LogP contribution in [-0.2, 0) is 4.79 Å². The van der Waals surface area contributed by atoms with E-state index < -0.39 is 0 Å². The fourth-order valence-corrected chi connectivity index (χ4v) is 3.17. The Balaban J connectivity index is 1.55. The summed E-state index contributed by atoms with van der Waals surface area (Å²) in [6, 6.07) is 18.0. The minimum Gasteiger partial charge on any atom is -0.326 e. The van der Waals surface area contributed by atoms with Crippen molar-refractivity contribution in [3.63, 3.8) is 0 Å². The minimum atomic E-state index is -0.170. The van der Waals surface area contributed by atoms with E-state index in [1.807, 2.05) is 66.2 Å². The summed E-state index contributed by atoms with van der Waals surface area (Å²) in [5.74, 6) is 0.577. The number of carbonyl (C=O) groups is 1. The zero-order valence-corrected chi connectivity index (χ0v) is 14.7. The average molecular weight is 347 g/mol. The van der Waals surface area contributed by atoms with Crippen molar-refractivity contribution in [2.75, 3.05) is 5.32 Å². The van der Waals surface area contributed by atoms with Gasteiger partial charge in [-0.1, -0.05) is 49.4 Å². The number of hydrogen-bond acceptors (Lipinski definition) is 4. The van der Waals surface area contributed by atoms with Gasteiger partial charge in [-0.05, 0) is 47.4 Å². The van der Waals surface area contributed by atoms with Crippen LogP contribution in [0.5, 0.6) is 0 Å². The van der Waals surface area contributed by atoms with E-state index in [9.17, 15) is 4.79 Å². The molecule has 2 aromatic carbocycles. The highest BCUT2D eigenvalue weighted by atomic mass is 16.1. The zero-order chi connectivity index (χ0) is 17.9. The molecule has 0 radical (unpaired) electrons. The second-order valence-electron chi connectivity index (χ2n) is 6.62. The maximum Gasteiger partial charge on any atom is 0.231 e. The van der Waals surface area contributed by atoms with Crippen molar-refractivity contribution in [1.82, 2.24) is 20.2 Å². The third kappa shape index (κ3) is 3.35. The van der Waals surface area contributed by atoms with Gasteiger partial charge in [0.2, 0.25) is 5.91 Å². The molecule has 6 heteroatoms. The first-order chi connectivity index (χ1) is 12.8. The van der Waals surface area contributed by atoms with Crippen molar-refractivity contribution in [3.8, 4) is 11.4 Å². The van der Waals surface area contributed by atoms with Gasteiger partial charge in [0, 0.05) is 11.3 Å². The number of tetrazole rings is 1. The van der Waals surface area contributed by atoms with Gasteiger partial charge in [0.05, 0.1) is 12.0 Å². The Morgan fingerprint density at radius 3 is 2.73 bits per heavy atom. The van der Waals surface area contributed by atoms with Crippen molar-refractivity contribution in [2.45, 2.75) is 38.1 Å². The molecule has 1 amide bonds. The number of aromatic nitrogens is 4. The summed E-state index contributed by atoms with van der Waals surface area (Å²) in [6.07, 6.45) is 2.98. The van der Waals surface area contributed by atoms with Gasteiger partial charge in [0.1, 0.15) is 0 Å². The van der Waals surface area contributed by atoms with Gasteiger partial charge >= 0.3 is 0 Å².